The molecule has 134 valence electrons. The summed E-state index contributed by atoms with van der Waals surface area (Å²) in [6.45, 7) is 7.31. The van der Waals surface area contributed by atoms with Crippen LogP contribution in [0.15, 0.2) is 30.3 Å². The molecule has 1 heterocycles. The highest BCUT2D eigenvalue weighted by Crippen LogP contribution is 2.44. The van der Waals surface area contributed by atoms with Gasteiger partial charge in [-0.3, -0.25) is 9.59 Å². The normalized spacial score (nSPS) is 12.7. The molecule has 3 nitrogen and oxygen atoms in total. The van der Waals surface area contributed by atoms with E-state index in [1.807, 2.05) is 51.1 Å². The van der Waals surface area contributed by atoms with Crippen LogP contribution in [0.5, 0.6) is 0 Å². The molecule has 0 aliphatic rings. The van der Waals surface area contributed by atoms with Crippen LogP contribution in [0, 0.1) is 12.3 Å². The molecule has 2 rings (SSSR count). The number of thiophene rings is 1. The summed E-state index contributed by atoms with van der Waals surface area (Å²) >= 11 is 7.50. The largest absolute Gasteiger partial charge is 0.469 e. The maximum atomic E-state index is 12.5. The van der Waals surface area contributed by atoms with E-state index in [-0.39, 0.29) is 17.7 Å². The minimum atomic E-state index is -0.785. The van der Waals surface area contributed by atoms with Crippen LogP contribution in [-0.4, -0.2) is 18.9 Å². The number of carbonyl (C=O) groups excluding carboxylic acids is 2. The second-order valence-electron chi connectivity index (χ2n) is 6.72. The molecule has 1 atom stereocenters. The lowest BCUT2D eigenvalue weighted by Gasteiger charge is -2.32. The van der Waals surface area contributed by atoms with E-state index < -0.39 is 5.41 Å². The van der Waals surface area contributed by atoms with Crippen molar-refractivity contribution in [1.82, 2.24) is 0 Å². The fraction of sp³-hybridized carbons (Fsp3) is 0.400. The average molecular weight is 379 g/mol. The third kappa shape index (κ3) is 3.96. The zero-order valence-electron chi connectivity index (χ0n) is 15.2. The van der Waals surface area contributed by atoms with Crippen LogP contribution in [0.3, 0.4) is 0 Å². The molecule has 0 spiro atoms. The van der Waals surface area contributed by atoms with Crippen LogP contribution >= 0.6 is 22.9 Å². The van der Waals surface area contributed by atoms with Gasteiger partial charge in [-0.05, 0) is 56.5 Å². The number of alkyl halides is 1. The minimum Gasteiger partial charge on any atom is -0.469 e. The maximum absolute atomic E-state index is 12.5. The number of benzene rings is 1. The van der Waals surface area contributed by atoms with E-state index in [0.29, 0.717) is 10.8 Å². The lowest BCUT2D eigenvalue weighted by molar-refractivity contribution is -0.151. The van der Waals surface area contributed by atoms with E-state index in [1.165, 1.54) is 18.4 Å². The van der Waals surface area contributed by atoms with Crippen LogP contribution in [0.25, 0.3) is 0 Å². The van der Waals surface area contributed by atoms with Gasteiger partial charge in [-0.1, -0.05) is 18.2 Å². The first-order valence-corrected chi connectivity index (χ1v) is 9.42. The van der Waals surface area contributed by atoms with Crippen molar-refractivity contribution in [3.8, 4) is 0 Å². The monoisotopic (exact) mass is 378 g/mol. The second kappa shape index (κ2) is 7.71. The summed E-state index contributed by atoms with van der Waals surface area (Å²) in [5, 5.41) is 0. The Hall–Kier alpha value is -1.65. The summed E-state index contributed by atoms with van der Waals surface area (Å²) in [6, 6.07) is 9.84. The number of hydrogen-bond acceptors (Lipinski definition) is 4. The standard InChI is InChI=1S/C20H23ClO3S/c1-12-6-7-14(10-15(12)11-21)18(20(3,4)19(23)24-5)17-9-8-16(25-17)13(2)22/h6-10,18H,11H2,1-5H3. The molecule has 1 unspecified atom stereocenters. The molecule has 0 amide bonds. The molecule has 25 heavy (non-hydrogen) atoms. The Morgan fingerprint density at radius 2 is 1.92 bits per heavy atom. The van der Waals surface area contributed by atoms with E-state index in [9.17, 15) is 9.59 Å². The highest BCUT2D eigenvalue weighted by molar-refractivity contribution is 7.14. The van der Waals surface area contributed by atoms with Gasteiger partial charge >= 0.3 is 5.97 Å². The van der Waals surface area contributed by atoms with Gasteiger partial charge in [0, 0.05) is 16.7 Å². The highest BCUT2D eigenvalue weighted by atomic mass is 35.5. The molecule has 0 radical (unpaired) electrons. The first-order chi connectivity index (χ1) is 11.7. The maximum Gasteiger partial charge on any atom is 0.312 e. The molecule has 0 bridgehead atoms. The number of ether oxygens (including phenoxy) is 1. The fourth-order valence-electron chi connectivity index (χ4n) is 3.03. The van der Waals surface area contributed by atoms with Crippen molar-refractivity contribution in [2.24, 2.45) is 5.41 Å². The smallest absolute Gasteiger partial charge is 0.312 e. The van der Waals surface area contributed by atoms with Gasteiger partial charge in [0.05, 0.1) is 17.4 Å². The lowest BCUT2D eigenvalue weighted by Crippen LogP contribution is -2.33. The van der Waals surface area contributed by atoms with Crippen molar-refractivity contribution in [1.29, 1.82) is 0 Å². The summed E-state index contributed by atoms with van der Waals surface area (Å²) in [6.07, 6.45) is 0. The van der Waals surface area contributed by atoms with Crippen LogP contribution in [-0.2, 0) is 15.4 Å². The number of methoxy groups -OCH3 is 1. The number of ketones is 1. The van der Waals surface area contributed by atoms with Crippen molar-refractivity contribution in [2.75, 3.05) is 7.11 Å². The van der Waals surface area contributed by atoms with Crippen LogP contribution in [0.1, 0.15) is 57.9 Å². The molecule has 0 N–H and O–H groups in total. The molecule has 0 fully saturated rings. The van der Waals surface area contributed by atoms with E-state index in [1.54, 1.807) is 6.92 Å². The number of carbonyl (C=O) groups is 2. The number of halogens is 1. The molecule has 2 aromatic rings. The lowest BCUT2D eigenvalue weighted by atomic mass is 9.73. The van der Waals surface area contributed by atoms with E-state index in [2.05, 4.69) is 0 Å². The third-order valence-electron chi connectivity index (χ3n) is 4.54. The molecular weight excluding hydrogens is 356 g/mol. The summed E-state index contributed by atoms with van der Waals surface area (Å²) < 4.78 is 5.05. The molecule has 1 aromatic carbocycles. The fourth-order valence-corrected chi connectivity index (χ4v) is 4.54. The minimum absolute atomic E-state index is 0.0243. The van der Waals surface area contributed by atoms with Gasteiger partial charge in [0.2, 0.25) is 0 Å². The van der Waals surface area contributed by atoms with Gasteiger partial charge in [0.15, 0.2) is 5.78 Å². The first-order valence-electron chi connectivity index (χ1n) is 8.06. The summed E-state index contributed by atoms with van der Waals surface area (Å²) in [5.41, 5.74) is 2.36. The molecule has 0 saturated carbocycles. The predicted molar refractivity (Wildman–Crippen MR) is 103 cm³/mol. The highest BCUT2D eigenvalue weighted by Gasteiger charge is 2.41. The molecule has 0 aliphatic carbocycles. The Morgan fingerprint density at radius 3 is 2.44 bits per heavy atom. The van der Waals surface area contributed by atoms with Gasteiger partial charge < -0.3 is 4.74 Å². The topological polar surface area (TPSA) is 43.4 Å². The number of esters is 1. The van der Waals surface area contributed by atoms with Gasteiger partial charge in [-0.25, -0.2) is 0 Å². The Bertz CT molecular complexity index is 792. The summed E-state index contributed by atoms with van der Waals surface area (Å²) in [7, 11) is 1.40. The zero-order valence-corrected chi connectivity index (χ0v) is 16.8. The second-order valence-corrected chi connectivity index (χ2v) is 8.11. The van der Waals surface area contributed by atoms with Crippen LogP contribution < -0.4 is 0 Å². The quantitative estimate of drug-likeness (QED) is 0.387. The Kier molecular flexibility index (Phi) is 6.07. The third-order valence-corrected chi connectivity index (χ3v) is 6.08. The van der Waals surface area contributed by atoms with Gasteiger partial charge in [0.1, 0.15) is 0 Å². The van der Waals surface area contributed by atoms with E-state index >= 15 is 0 Å². The number of aryl methyl sites for hydroxylation is 1. The number of Topliss-reactive ketones (excluding diaryl/α,β-unsaturated/α-hetero) is 1. The van der Waals surface area contributed by atoms with Crippen molar-refractivity contribution in [3.05, 3.63) is 56.8 Å². The molecular formula is C20H23ClO3S. The van der Waals surface area contributed by atoms with Gasteiger partial charge in [0.25, 0.3) is 0 Å². The van der Waals surface area contributed by atoms with Crippen molar-refractivity contribution in [2.45, 2.75) is 39.5 Å². The average Bonchev–Trinajstić information content (AvgIpc) is 3.05. The number of hydrogen-bond donors (Lipinski definition) is 0. The predicted octanol–water partition coefficient (Wildman–Crippen LogP) is 5.33. The SMILES string of the molecule is COC(=O)C(C)(C)C(c1ccc(C)c(CCl)c1)c1ccc(C(C)=O)s1. The van der Waals surface area contributed by atoms with Crippen molar-refractivity contribution < 1.29 is 14.3 Å². The van der Waals surface area contributed by atoms with Crippen molar-refractivity contribution >= 4 is 34.7 Å². The zero-order chi connectivity index (χ0) is 18.8. The molecule has 0 saturated heterocycles. The Labute approximate surface area is 158 Å². The number of rotatable bonds is 6. The summed E-state index contributed by atoms with van der Waals surface area (Å²) in [4.78, 5) is 25.8. The van der Waals surface area contributed by atoms with Crippen LogP contribution in [0.2, 0.25) is 0 Å². The Morgan fingerprint density at radius 1 is 1.24 bits per heavy atom. The molecule has 0 aliphatic heterocycles. The Balaban J connectivity index is 2.63. The van der Waals surface area contributed by atoms with E-state index in [0.717, 1.165) is 21.6 Å². The van der Waals surface area contributed by atoms with Gasteiger partial charge in [-0.15, -0.1) is 22.9 Å². The molecule has 1 aromatic heterocycles. The van der Waals surface area contributed by atoms with E-state index in [4.69, 9.17) is 16.3 Å². The molecule has 5 heteroatoms. The summed E-state index contributed by atoms with van der Waals surface area (Å²) in [5.74, 6) is -0.0751. The van der Waals surface area contributed by atoms with Gasteiger partial charge in [-0.2, -0.15) is 0 Å². The first kappa shape index (κ1) is 19.7. The van der Waals surface area contributed by atoms with Crippen molar-refractivity contribution in [3.63, 3.8) is 0 Å². The van der Waals surface area contributed by atoms with Crippen LogP contribution in [0.4, 0.5) is 0 Å².